The van der Waals surface area contributed by atoms with Gasteiger partial charge in [-0.05, 0) is 56.4 Å². The van der Waals surface area contributed by atoms with Gasteiger partial charge >= 0.3 is 0 Å². The van der Waals surface area contributed by atoms with Crippen LogP contribution in [0.15, 0.2) is 58.1 Å². The average molecular weight is 408 g/mol. The lowest BCUT2D eigenvalue weighted by Gasteiger charge is -2.31. The number of rotatable bonds is 5. The number of carbonyl (C=O) groups is 1. The Labute approximate surface area is 175 Å². The molecule has 0 unspecified atom stereocenters. The summed E-state index contributed by atoms with van der Waals surface area (Å²) in [6.45, 7) is 5.45. The van der Waals surface area contributed by atoms with E-state index >= 15 is 0 Å². The fourth-order valence-electron chi connectivity index (χ4n) is 3.76. The third-order valence-electron chi connectivity index (χ3n) is 5.23. The summed E-state index contributed by atoms with van der Waals surface area (Å²) in [4.78, 5) is 23.6. The Balaban J connectivity index is 1.33. The summed E-state index contributed by atoms with van der Waals surface area (Å²) in [7, 11) is 0. The van der Waals surface area contributed by atoms with E-state index in [0.29, 0.717) is 17.4 Å². The first-order valence-electron chi connectivity index (χ1n) is 9.96. The third-order valence-corrected chi connectivity index (χ3v) is 6.10. The molecule has 1 aliphatic heterocycles. The van der Waals surface area contributed by atoms with Gasteiger partial charge in [0, 0.05) is 24.5 Å². The Kier molecular flexibility index (Phi) is 6.00. The van der Waals surface area contributed by atoms with Crippen molar-refractivity contribution in [2.45, 2.75) is 43.5 Å². The van der Waals surface area contributed by atoms with Crippen molar-refractivity contribution >= 4 is 17.7 Å². The van der Waals surface area contributed by atoms with Crippen molar-refractivity contribution in [1.82, 2.24) is 14.9 Å². The number of likely N-dealkylation sites (tertiary alicyclic amines) is 1. The maximum absolute atomic E-state index is 12.8. The monoisotopic (exact) mass is 407 g/mol. The molecule has 1 amide bonds. The van der Waals surface area contributed by atoms with Gasteiger partial charge in [-0.2, -0.15) is 0 Å². The molecule has 150 valence electrons. The van der Waals surface area contributed by atoms with Crippen LogP contribution in [-0.4, -0.2) is 33.9 Å². The van der Waals surface area contributed by atoms with Gasteiger partial charge in [0.15, 0.2) is 10.9 Å². The average Bonchev–Trinajstić information content (AvgIpc) is 3.21. The molecule has 29 heavy (non-hydrogen) atoms. The van der Waals surface area contributed by atoms with Crippen LogP contribution in [0.1, 0.15) is 52.0 Å². The summed E-state index contributed by atoms with van der Waals surface area (Å²) in [6.07, 6.45) is 1.98. The zero-order chi connectivity index (χ0) is 20.2. The van der Waals surface area contributed by atoms with Crippen LogP contribution in [0.5, 0.6) is 0 Å². The predicted octanol–water partition coefficient (Wildman–Crippen LogP) is 5.00. The van der Waals surface area contributed by atoms with Gasteiger partial charge in [0.2, 0.25) is 0 Å². The summed E-state index contributed by atoms with van der Waals surface area (Å²) < 4.78 is 5.82. The van der Waals surface area contributed by atoms with Crippen molar-refractivity contribution in [1.29, 1.82) is 0 Å². The maximum Gasteiger partial charge on any atom is 0.289 e. The number of benzene rings is 1. The number of piperidine rings is 1. The van der Waals surface area contributed by atoms with Crippen molar-refractivity contribution in [2.75, 3.05) is 13.1 Å². The van der Waals surface area contributed by atoms with Crippen LogP contribution in [0.2, 0.25) is 0 Å². The Morgan fingerprint density at radius 3 is 2.45 bits per heavy atom. The third kappa shape index (κ3) is 4.88. The fraction of sp³-hybridized carbons (Fsp3) is 0.348. The van der Waals surface area contributed by atoms with Gasteiger partial charge in [0.1, 0.15) is 5.76 Å². The second kappa shape index (κ2) is 8.82. The first kappa shape index (κ1) is 19.7. The van der Waals surface area contributed by atoms with E-state index in [0.717, 1.165) is 48.2 Å². The number of nitrogens with zero attached hydrogens (tertiary/aromatic N) is 3. The van der Waals surface area contributed by atoms with Crippen LogP contribution in [0.3, 0.4) is 0 Å². The second-order valence-electron chi connectivity index (χ2n) is 7.47. The largest absolute Gasteiger partial charge is 0.455 e. The quantitative estimate of drug-likeness (QED) is 0.440. The standard InChI is InChI=1S/C23H25N3O2S/c1-16-14-17(2)25-23(24-16)29-15-20-8-9-21(28-20)22(27)26-12-10-19(11-13-26)18-6-4-3-5-7-18/h3-9,14,19H,10-13,15H2,1-2H3. The molecule has 0 radical (unpaired) electrons. The zero-order valence-electron chi connectivity index (χ0n) is 16.8. The highest BCUT2D eigenvalue weighted by Gasteiger charge is 2.26. The van der Waals surface area contributed by atoms with Crippen LogP contribution in [0, 0.1) is 13.8 Å². The highest BCUT2D eigenvalue weighted by Crippen LogP contribution is 2.29. The molecule has 0 atom stereocenters. The van der Waals surface area contributed by atoms with Crippen molar-refractivity contribution in [3.8, 4) is 0 Å². The molecular weight excluding hydrogens is 382 g/mol. The molecule has 4 rings (SSSR count). The smallest absolute Gasteiger partial charge is 0.289 e. The molecule has 0 spiro atoms. The van der Waals surface area contributed by atoms with Crippen LogP contribution in [0.25, 0.3) is 0 Å². The van der Waals surface area contributed by atoms with E-state index in [1.807, 2.05) is 36.9 Å². The molecular formula is C23H25N3O2S. The summed E-state index contributed by atoms with van der Waals surface area (Å²) in [5.41, 5.74) is 3.27. The summed E-state index contributed by atoms with van der Waals surface area (Å²) in [5, 5.41) is 0.731. The molecule has 1 aromatic carbocycles. The lowest BCUT2D eigenvalue weighted by Crippen LogP contribution is -2.37. The minimum Gasteiger partial charge on any atom is -0.455 e. The molecule has 0 saturated carbocycles. The van der Waals surface area contributed by atoms with E-state index in [2.05, 4.69) is 34.2 Å². The number of furan rings is 1. The van der Waals surface area contributed by atoms with Gasteiger partial charge in [0.05, 0.1) is 5.75 Å². The predicted molar refractivity (Wildman–Crippen MR) is 114 cm³/mol. The summed E-state index contributed by atoms with van der Waals surface area (Å²) in [5.74, 6) is 2.30. The highest BCUT2D eigenvalue weighted by molar-refractivity contribution is 7.98. The van der Waals surface area contributed by atoms with Gasteiger partial charge in [-0.15, -0.1) is 0 Å². The van der Waals surface area contributed by atoms with Gasteiger partial charge in [-0.3, -0.25) is 4.79 Å². The molecule has 1 fully saturated rings. The second-order valence-corrected chi connectivity index (χ2v) is 8.41. The molecule has 0 aliphatic carbocycles. The Hall–Kier alpha value is -2.60. The lowest BCUT2D eigenvalue weighted by molar-refractivity contribution is 0.0679. The van der Waals surface area contributed by atoms with Gasteiger partial charge in [-0.1, -0.05) is 42.1 Å². The molecule has 1 aliphatic rings. The molecule has 0 N–H and O–H groups in total. The number of carbonyl (C=O) groups excluding carboxylic acids is 1. The number of hydrogen-bond donors (Lipinski definition) is 0. The van der Waals surface area contributed by atoms with E-state index in [4.69, 9.17) is 4.42 Å². The van der Waals surface area contributed by atoms with Crippen molar-refractivity contribution in [3.05, 3.63) is 77.0 Å². The van der Waals surface area contributed by atoms with Crippen molar-refractivity contribution < 1.29 is 9.21 Å². The van der Waals surface area contributed by atoms with Crippen LogP contribution in [-0.2, 0) is 5.75 Å². The number of aryl methyl sites for hydroxylation is 2. The van der Waals surface area contributed by atoms with Crippen LogP contribution in [0.4, 0.5) is 0 Å². The first-order valence-corrected chi connectivity index (χ1v) is 10.9. The summed E-state index contributed by atoms with van der Waals surface area (Å²) in [6, 6.07) is 16.2. The summed E-state index contributed by atoms with van der Waals surface area (Å²) >= 11 is 1.52. The van der Waals surface area contributed by atoms with E-state index in [-0.39, 0.29) is 5.91 Å². The van der Waals surface area contributed by atoms with Gasteiger partial charge < -0.3 is 9.32 Å². The van der Waals surface area contributed by atoms with Gasteiger partial charge in [0.25, 0.3) is 5.91 Å². The maximum atomic E-state index is 12.8. The first-order chi connectivity index (χ1) is 14.1. The van der Waals surface area contributed by atoms with Crippen molar-refractivity contribution in [2.24, 2.45) is 0 Å². The van der Waals surface area contributed by atoms with E-state index in [1.165, 1.54) is 17.3 Å². The Morgan fingerprint density at radius 1 is 1.07 bits per heavy atom. The minimum absolute atomic E-state index is 0.0181. The highest BCUT2D eigenvalue weighted by atomic mass is 32.2. The number of thioether (sulfide) groups is 1. The molecule has 3 aromatic rings. The molecule has 5 nitrogen and oxygen atoms in total. The molecule has 6 heteroatoms. The van der Waals surface area contributed by atoms with Crippen molar-refractivity contribution in [3.63, 3.8) is 0 Å². The number of amides is 1. The van der Waals surface area contributed by atoms with E-state index in [9.17, 15) is 4.79 Å². The number of hydrogen-bond acceptors (Lipinski definition) is 5. The van der Waals surface area contributed by atoms with Gasteiger partial charge in [-0.25, -0.2) is 9.97 Å². The Morgan fingerprint density at radius 2 is 1.76 bits per heavy atom. The van der Waals surface area contributed by atoms with E-state index in [1.54, 1.807) is 6.07 Å². The molecule has 2 aromatic heterocycles. The molecule has 3 heterocycles. The molecule has 1 saturated heterocycles. The molecule has 0 bridgehead atoms. The zero-order valence-corrected chi connectivity index (χ0v) is 17.6. The topological polar surface area (TPSA) is 59.2 Å². The lowest BCUT2D eigenvalue weighted by atomic mass is 9.89. The minimum atomic E-state index is -0.0181. The Bertz CT molecular complexity index is 959. The SMILES string of the molecule is Cc1cc(C)nc(SCc2ccc(C(=O)N3CCC(c4ccccc4)CC3)o2)n1. The fourth-order valence-corrected chi connectivity index (χ4v) is 4.60. The van der Waals surface area contributed by atoms with E-state index < -0.39 is 0 Å². The number of aromatic nitrogens is 2. The van der Waals surface area contributed by atoms with Crippen LogP contribution >= 0.6 is 11.8 Å². The van der Waals surface area contributed by atoms with Crippen LogP contribution < -0.4 is 0 Å². The normalized spacial score (nSPS) is 14.9.